The normalized spacial score (nSPS) is 15.5. The first-order valence-corrected chi connectivity index (χ1v) is 10.2. The number of carbonyl (C=O) groups is 1. The van der Waals surface area contributed by atoms with Crippen LogP contribution in [0.2, 0.25) is 0 Å². The molecule has 0 spiro atoms. The number of benzene rings is 1. The number of hydrogen-bond acceptors (Lipinski definition) is 8. The van der Waals surface area contributed by atoms with Crippen LogP contribution in [0.25, 0.3) is 0 Å². The highest BCUT2D eigenvalue weighted by Gasteiger charge is 2.27. The number of aromatic nitrogens is 3. The SMILES string of the molecule is O=C(c1cccc2c1OCCO2)N1CCN(c2ccc(Nc3ccccn3)nn2)CC1. The van der Waals surface area contributed by atoms with Crippen LogP contribution in [0.4, 0.5) is 17.5 Å². The molecule has 31 heavy (non-hydrogen) atoms. The van der Waals surface area contributed by atoms with Gasteiger partial charge in [-0.05, 0) is 36.4 Å². The number of piperazine rings is 1. The molecular weight excluding hydrogens is 396 g/mol. The molecule has 158 valence electrons. The summed E-state index contributed by atoms with van der Waals surface area (Å²) in [5.41, 5.74) is 0.551. The summed E-state index contributed by atoms with van der Waals surface area (Å²) in [7, 11) is 0. The summed E-state index contributed by atoms with van der Waals surface area (Å²) in [6, 6.07) is 14.9. The van der Waals surface area contributed by atoms with E-state index in [1.807, 2.05) is 47.4 Å². The van der Waals surface area contributed by atoms with Crippen LogP contribution in [0.5, 0.6) is 11.5 Å². The Labute approximate surface area is 179 Å². The molecule has 0 aliphatic carbocycles. The maximum Gasteiger partial charge on any atom is 0.257 e. The van der Waals surface area contributed by atoms with E-state index < -0.39 is 0 Å². The topological polar surface area (TPSA) is 92.7 Å². The average Bonchev–Trinajstić information content (AvgIpc) is 2.84. The molecule has 0 unspecified atom stereocenters. The van der Waals surface area contributed by atoms with E-state index in [2.05, 4.69) is 25.4 Å². The number of pyridine rings is 1. The summed E-state index contributed by atoms with van der Waals surface area (Å²) in [4.78, 5) is 21.3. The minimum absolute atomic E-state index is 0.0389. The second-order valence-corrected chi connectivity index (χ2v) is 7.23. The molecule has 5 rings (SSSR count). The Hall–Kier alpha value is -3.88. The van der Waals surface area contributed by atoms with Gasteiger partial charge in [-0.1, -0.05) is 12.1 Å². The van der Waals surface area contributed by atoms with E-state index in [1.165, 1.54) is 0 Å². The second kappa shape index (κ2) is 8.47. The molecule has 1 aromatic carbocycles. The van der Waals surface area contributed by atoms with Gasteiger partial charge in [0.2, 0.25) is 0 Å². The lowest BCUT2D eigenvalue weighted by atomic mass is 10.1. The first-order chi connectivity index (χ1) is 15.3. The van der Waals surface area contributed by atoms with Gasteiger partial charge < -0.3 is 24.6 Å². The fourth-order valence-corrected chi connectivity index (χ4v) is 3.68. The Morgan fingerprint density at radius 1 is 0.871 bits per heavy atom. The first kappa shape index (κ1) is 19.1. The van der Waals surface area contributed by atoms with Gasteiger partial charge in [0.15, 0.2) is 23.1 Å². The number of amides is 1. The predicted molar refractivity (Wildman–Crippen MR) is 115 cm³/mol. The van der Waals surface area contributed by atoms with Gasteiger partial charge in [0.25, 0.3) is 5.91 Å². The number of hydrogen-bond donors (Lipinski definition) is 1. The molecule has 0 saturated carbocycles. The maximum atomic E-state index is 13.1. The van der Waals surface area contributed by atoms with E-state index in [1.54, 1.807) is 12.3 Å². The van der Waals surface area contributed by atoms with E-state index in [-0.39, 0.29) is 5.91 Å². The fourth-order valence-electron chi connectivity index (χ4n) is 3.68. The minimum atomic E-state index is -0.0389. The van der Waals surface area contributed by atoms with Gasteiger partial charge >= 0.3 is 0 Å². The zero-order valence-electron chi connectivity index (χ0n) is 16.9. The Bertz CT molecular complexity index is 1050. The van der Waals surface area contributed by atoms with Crippen LogP contribution in [-0.4, -0.2) is 65.4 Å². The molecule has 0 atom stereocenters. The summed E-state index contributed by atoms with van der Waals surface area (Å²) >= 11 is 0. The molecule has 3 aromatic rings. The van der Waals surface area contributed by atoms with Crippen molar-refractivity contribution in [3.8, 4) is 11.5 Å². The number of nitrogens with one attached hydrogen (secondary N) is 1. The van der Waals surface area contributed by atoms with Crippen LogP contribution >= 0.6 is 0 Å². The van der Waals surface area contributed by atoms with Crippen molar-refractivity contribution < 1.29 is 14.3 Å². The number of nitrogens with zero attached hydrogens (tertiary/aromatic N) is 5. The average molecular weight is 418 g/mol. The van der Waals surface area contributed by atoms with Crippen LogP contribution in [0, 0.1) is 0 Å². The Morgan fingerprint density at radius 3 is 2.52 bits per heavy atom. The van der Waals surface area contributed by atoms with Gasteiger partial charge in [0, 0.05) is 32.4 Å². The van der Waals surface area contributed by atoms with Crippen LogP contribution in [0.1, 0.15) is 10.4 Å². The Kier molecular flexibility index (Phi) is 5.22. The van der Waals surface area contributed by atoms with Crippen molar-refractivity contribution in [2.45, 2.75) is 0 Å². The number of para-hydroxylation sites is 1. The number of rotatable bonds is 4. The van der Waals surface area contributed by atoms with Crippen molar-refractivity contribution >= 4 is 23.4 Å². The summed E-state index contributed by atoms with van der Waals surface area (Å²) in [6.07, 6.45) is 1.72. The predicted octanol–water partition coefficient (Wildman–Crippen LogP) is 2.35. The first-order valence-electron chi connectivity index (χ1n) is 10.2. The molecule has 9 heteroatoms. The van der Waals surface area contributed by atoms with Gasteiger partial charge in [-0.25, -0.2) is 4.98 Å². The van der Waals surface area contributed by atoms with Crippen LogP contribution in [0.3, 0.4) is 0 Å². The van der Waals surface area contributed by atoms with E-state index in [9.17, 15) is 4.79 Å². The lowest BCUT2D eigenvalue weighted by Gasteiger charge is -2.35. The number of anilines is 3. The van der Waals surface area contributed by atoms with Gasteiger partial charge in [-0.15, -0.1) is 10.2 Å². The molecule has 9 nitrogen and oxygen atoms in total. The van der Waals surface area contributed by atoms with Crippen LogP contribution in [-0.2, 0) is 0 Å². The molecule has 1 N–H and O–H groups in total. The second-order valence-electron chi connectivity index (χ2n) is 7.23. The zero-order chi connectivity index (χ0) is 21.0. The van der Waals surface area contributed by atoms with Crippen molar-refractivity contribution in [1.29, 1.82) is 0 Å². The molecular formula is C22H22N6O3. The lowest BCUT2D eigenvalue weighted by Crippen LogP contribution is -2.49. The summed E-state index contributed by atoms with van der Waals surface area (Å²) in [5.74, 6) is 3.27. The smallest absolute Gasteiger partial charge is 0.257 e. The van der Waals surface area contributed by atoms with E-state index >= 15 is 0 Å². The van der Waals surface area contributed by atoms with Gasteiger partial charge in [0.1, 0.15) is 19.0 Å². The molecule has 0 radical (unpaired) electrons. The Balaban J connectivity index is 1.21. The highest BCUT2D eigenvalue weighted by Crippen LogP contribution is 2.34. The van der Waals surface area contributed by atoms with Crippen LogP contribution in [0.15, 0.2) is 54.7 Å². The molecule has 1 fully saturated rings. The molecule has 2 aliphatic rings. The third-order valence-corrected chi connectivity index (χ3v) is 5.26. The van der Waals surface area contributed by atoms with Crippen molar-refractivity contribution in [2.24, 2.45) is 0 Å². The molecule has 2 aromatic heterocycles. The van der Waals surface area contributed by atoms with E-state index in [0.717, 1.165) is 5.82 Å². The van der Waals surface area contributed by atoms with E-state index in [0.29, 0.717) is 68.1 Å². The number of fused-ring (bicyclic) bond motifs is 1. The van der Waals surface area contributed by atoms with Gasteiger partial charge in [-0.3, -0.25) is 4.79 Å². The van der Waals surface area contributed by atoms with Gasteiger partial charge in [-0.2, -0.15) is 0 Å². The number of ether oxygens (including phenoxy) is 2. The third-order valence-electron chi connectivity index (χ3n) is 5.26. The number of carbonyl (C=O) groups excluding carboxylic acids is 1. The summed E-state index contributed by atoms with van der Waals surface area (Å²) in [6.45, 7) is 3.51. The van der Waals surface area contributed by atoms with E-state index in [4.69, 9.17) is 9.47 Å². The molecule has 4 heterocycles. The monoisotopic (exact) mass is 418 g/mol. The maximum absolute atomic E-state index is 13.1. The molecule has 0 bridgehead atoms. The highest BCUT2D eigenvalue weighted by molar-refractivity contribution is 5.98. The van der Waals surface area contributed by atoms with Crippen molar-refractivity contribution in [3.63, 3.8) is 0 Å². The van der Waals surface area contributed by atoms with Crippen molar-refractivity contribution in [3.05, 3.63) is 60.3 Å². The van der Waals surface area contributed by atoms with Gasteiger partial charge in [0.05, 0.1) is 5.56 Å². The minimum Gasteiger partial charge on any atom is -0.486 e. The van der Waals surface area contributed by atoms with Crippen LogP contribution < -0.4 is 19.7 Å². The highest BCUT2D eigenvalue weighted by atomic mass is 16.6. The van der Waals surface area contributed by atoms with Crippen molar-refractivity contribution in [2.75, 3.05) is 49.6 Å². The molecule has 2 aliphatic heterocycles. The lowest BCUT2D eigenvalue weighted by molar-refractivity contribution is 0.0736. The largest absolute Gasteiger partial charge is 0.486 e. The Morgan fingerprint density at radius 2 is 1.74 bits per heavy atom. The quantitative estimate of drug-likeness (QED) is 0.690. The zero-order valence-corrected chi connectivity index (χ0v) is 16.9. The molecule has 1 saturated heterocycles. The fraction of sp³-hybridized carbons (Fsp3) is 0.273. The summed E-state index contributed by atoms with van der Waals surface area (Å²) < 4.78 is 11.3. The molecule has 1 amide bonds. The van der Waals surface area contributed by atoms with Crippen molar-refractivity contribution in [1.82, 2.24) is 20.1 Å². The standard InChI is InChI=1S/C22H22N6O3/c29-22(16-4-3-5-17-21(16)31-15-14-30-17)28-12-10-27(11-13-28)20-8-7-19(25-26-20)24-18-6-1-2-9-23-18/h1-9H,10-15H2,(H,23,24,25). The third kappa shape index (κ3) is 4.07. The summed E-state index contributed by atoms with van der Waals surface area (Å²) in [5, 5.41) is 11.7.